The summed E-state index contributed by atoms with van der Waals surface area (Å²) < 4.78 is 0. The minimum absolute atomic E-state index is 0.0817. The summed E-state index contributed by atoms with van der Waals surface area (Å²) in [6.45, 7) is 0. The van der Waals surface area contributed by atoms with Crippen molar-refractivity contribution in [3.05, 3.63) is 71.8 Å². The van der Waals surface area contributed by atoms with Gasteiger partial charge in [0.2, 0.25) is 0 Å². The molecule has 4 heteroatoms. The van der Waals surface area contributed by atoms with E-state index in [0.29, 0.717) is 11.1 Å². The van der Waals surface area contributed by atoms with E-state index in [1.807, 2.05) is 60.7 Å². The zero-order chi connectivity index (χ0) is 16.6. The molecule has 1 heterocycles. The molecule has 1 saturated heterocycles. The average Bonchev–Trinajstić information content (AvgIpc) is 3.29. The molecule has 122 valence electrons. The molecular formula is C20H20N2O2. The highest BCUT2D eigenvalue weighted by atomic mass is 16.2. The molecule has 1 aliphatic carbocycles. The van der Waals surface area contributed by atoms with E-state index in [9.17, 15) is 9.59 Å². The Morgan fingerprint density at radius 1 is 0.667 bits per heavy atom. The zero-order valence-electron chi connectivity index (χ0n) is 13.5. The Kier molecular flexibility index (Phi) is 3.60. The van der Waals surface area contributed by atoms with Crippen LogP contribution in [-0.2, 0) is 0 Å². The summed E-state index contributed by atoms with van der Waals surface area (Å²) >= 11 is 0. The lowest BCUT2D eigenvalue weighted by molar-refractivity contribution is 0.0697. The Labute approximate surface area is 141 Å². The Morgan fingerprint density at radius 3 is 1.50 bits per heavy atom. The second-order valence-electron chi connectivity index (χ2n) is 6.51. The van der Waals surface area contributed by atoms with E-state index in [-0.39, 0.29) is 11.8 Å². The number of carbonyl (C=O) groups excluding carboxylic acids is 2. The Morgan fingerprint density at radius 2 is 1.08 bits per heavy atom. The molecule has 0 radical (unpaired) electrons. The maximum Gasteiger partial charge on any atom is 0.274 e. The third kappa shape index (κ3) is 2.30. The fraction of sp³-hybridized carbons (Fsp3) is 0.300. The first kappa shape index (κ1) is 14.9. The average molecular weight is 320 g/mol. The second-order valence-corrected chi connectivity index (χ2v) is 6.51. The van der Waals surface area contributed by atoms with Gasteiger partial charge in [-0.15, -0.1) is 0 Å². The van der Waals surface area contributed by atoms with E-state index >= 15 is 0 Å². The van der Waals surface area contributed by atoms with Gasteiger partial charge in [0.15, 0.2) is 5.66 Å². The normalized spacial score (nSPS) is 18.5. The van der Waals surface area contributed by atoms with Crippen molar-refractivity contribution in [2.24, 2.45) is 0 Å². The lowest BCUT2D eigenvalue weighted by atomic mass is 9.91. The summed E-state index contributed by atoms with van der Waals surface area (Å²) in [6.07, 6.45) is 5.01. The third-order valence-electron chi connectivity index (χ3n) is 5.03. The third-order valence-corrected chi connectivity index (χ3v) is 5.03. The Balaban J connectivity index is 1.66. The van der Waals surface area contributed by atoms with Crippen molar-refractivity contribution in [2.75, 3.05) is 0 Å². The predicted molar refractivity (Wildman–Crippen MR) is 91.0 cm³/mol. The fourth-order valence-electron chi connectivity index (χ4n) is 3.79. The molecule has 24 heavy (non-hydrogen) atoms. The molecule has 2 aromatic carbocycles. The number of carbonyl (C=O) groups is 2. The molecule has 0 N–H and O–H groups in total. The van der Waals surface area contributed by atoms with Gasteiger partial charge in [0.25, 0.3) is 11.8 Å². The van der Waals surface area contributed by atoms with Crippen LogP contribution in [0.5, 0.6) is 0 Å². The first-order valence-electron chi connectivity index (χ1n) is 8.53. The molecule has 0 unspecified atom stereocenters. The molecule has 2 aromatic rings. The smallest absolute Gasteiger partial charge is 0.267 e. The van der Waals surface area contributed by atoms with Crippen molar-refractivity contribution in [1.29, 1.82) is 0 Å². The van der Waals surface area contributed by atoms with Gasteiger partial charge in [-0.05, 0) is 49.9 Å². The lowest BCUT2D eigenvalue weighted by Gasteiger charge is -2.19. The molecular weight excluding hydrogens is 300 g/mol. The predicted octanol–water partition coefficient (Wildman–Crippen LogP) is 3.86. The summed E-state index contributed by atoms with van der Waals surface area (Å²) in [5, 5.41) is 3.38. The molecule has 0 bridgehead atoms. The van der Waals surface area contributed by atoms with Crippen LogP contribution < -0.4 is 0 Å². The van der Waals surface area contributed by atoms with Crippen molar-refractivity contribution in [1.82, 2.24) is 10.0 Å². The number of benzene rings is 2. The summed E-state index contributed by atoms with van der Waals surface area (Å²) in [7, 11) is 0. The van der Waals surface area contributed by atoms with Gasteiger partial charge in [0.1, 0.15) is 0 Å². The molecule has 0 aromatic heterocycles. The number of hydrogen-bond acceptors (Lipinski definition) is 2. The number of hydrazine groups is 1. The molecule has 1 spiro atoms. The van der Waals surface area contributed by atoms with Gasteiger partial charge in [-0.25, -0.2) is 10.0 Å². The van der Waals surface area contributed by atoms with Crippen LogP contribution in [0.25, 0.3) is 0 Å². The van der Waals surface area contributed by atoms with Crippen molar-refractivity contribution in [3.8, 4) is 0 Å². The largest absolute Gasteiger partial charge is 0.274 e. The monoisotopic (exact) mass is 320 g/mol. The van der Waals surface area contributed by atoms with E-state index in [0.717, 1.165) is 25.7 Å². The van der Waals surface area contributed by atoms with E-state index in [1.54, 1.807) is 10.0 Å². The topological polar surface area (TPSA) is 40.2 Å². The van der Waals surface area contributed by atoms with Crippen molar-refractivity contribution >= 4 is 11.8 Å². The van der Waals surface area contributed by atoms with Gasteiger partial charge in [-0.3, -0.25) is 9.59 Å². The van der Waals surface area contributed by atoms with Gasteiger partial charge in [0, 0.05) is 11.1 Å². The number of hydrogen-bond donors (Lipinski definition) is 0. The molecule has 0 atom stereocenters. The molecule has 4 rings (SSSR count). The summed E-state index contributed by atoms with van der Waals surface area (Å²) in [6, 6.07) is 18.4. The highest BCUT2D eigenvalue weighted by Gasteiger charge is 2.66. The van der Waals surface area contributed by atoms with E-state index < -0.39 is 5.66 Å². The maximum absolute atomic E-state index is 13.0. The SMILES string of the molecule is O=C(c1ccccc1)N1N(C(=O)c2ccccc2)C12CCCCC2. The summed E-state index contributed by atoms with van der Waals surface area (Å²) in [5.41, 5.74) is 0.842. The van der Waals surface area contributed by atoms with Crippen LogP contribution in [0, 0.1) is 0 Å². The standard InChI is InChI=1S/C20H20N2O2/c23-18(16-10-4-1-5-11-16)21-20(14-8-3-9-15-20)22(21)19(24)17-12-6-2-7-13-17/h1-2,4-7,10-13H,3,8-9,14-15H2. The Hall–Kier alpha value is -2.62. The van der Waals surface area contributed by atoms with Crippen LogP contribution in [0.15, 0.2) is 60.7 Å². The van der Waals surface area contributed by atoms with Gasteiger partial charge < -0.3 is 0 Å². The van der Waals surface area contributed by atoms with Crippen LogP contribution in [0.2, 0.25) is 0 Å². The number of rotatable bonds is 2. The highest BCUT2D eigenvalue weighted by Crippen LogP contribution is 2.51. The fourth-order valence-corrected chi connectivity index (χ4v) is 3.79. The number of amides is 2. The van der Waals surface area contributed by atoms with E-state index in [1.165, 1.54) is 6.42 Å². The van der Waals surface area contributed by atoms with Gasteiger partial charge >= 0.3 is 0 Å². The summed E-state index contributed by atoms with van der Waals surface area (Å²) in [4.78, 5) is 25.9. The van der Waals surface area contributed by atoms with E-state index in [2.05, 4.69) is 0 Å². The van der Waals surface area contributed by atoms with E-state index in [4.69, 9.17) is 0 Å². The first-order chi connectivity index (χ1) is 11.7. The molecule has 1 saturated carbocycles. The van der Waals surface area contributed by atoms with Gasteiger partial charge in [-0.1, -0.05) is 42.8 Å². The zero-order valence-corrected chi connectivity index (χ0v) is 13.5. The minimum Gasteiger partial charge on any atom is -0.267 e. The lowest BCUT2D eigenvalue weighted by Crippen LogP contribution is -2.27. The molecule has 2 amide bonds. The quantitative estimate of drug-likeness (QED) is 0.788. The molecule has 2 aliphatic rings. The molecule has 2 fully saturated rings. The van der Waals surface area contributed by atoms with Gasteiger partial charge in [-0.2, -0.15) is 0 Å². The summed E-state index contributed by atoms with van der Waals surface area (Å²) in [5.74, 6) is -0.163. The minimum atomic E-state index is -0.419. The van der Waals surface area contributed by atoms with Crippen LogP contribution in [0.1, 0.15) is 52.8 Å². The van der Waals surface area contributed by atoms with Gasteiger partial charge in [0.05, 0.1) is 0 Å². The maximum atomic E-state index is 13.0. The van der Waals surface area contributed by atoms with Crippen molar-refractivity contribution in [3.63, 3.8) is 0 Å². The van der Waals surface area contributed by atoms with Crippen LogP contribution in [-0.4, -0.2) is 27.5 Å². The van der Waals surface area contributed by atoms with Crippen LogP contribution in [0.4, 0.5) is 0 Å². The first-order valence-corrected chi connectivity index (χ1v) is 8.53. The van der Waals surface area contributed by atoms with Crippen LogP contribution >= 0.6 is 0 Å². The van der Waals surface area contributed by atoms with Crippen molar-refractivity contribution < 1.29 is 9.59 Å². The van der Waals surface area contributed by atoms with Crippen LogP contribution in [0.3, 0.4) is 0 Å². The second kappa shape index (κ2) is 5.78. The highest BCUT2D eigenvalue weighted by molar-refractivity contribution is 6.03. The Bertz CT molecular complexity index is 692. The van der Waals surface area contributed by atoms with Crippen molar-refractivity contribution in [2.45, 2.75) is 37.8 Å². The number of nitrogens with zero attached hydrogens (tertiary/aromatic N) is 2. The molecule has 1 aliphatic heterocycles. The molecule has 4 nitrogen and oxygen atoms in total.